The molecule has 0 saturated heterocycles. The number of hydrogen-bond acceptors (Lipinski definition) is 7. The van der Waals surface area contributed by atoms with Crippen LogP contribution in [0.25, 0.3) is 145 Å². The predicted octanol–water partition coefficient (Wildman–Crippen LogP) is 16.2. The van der Waals surface area contributed by atoms with Gasteiger partial charge in [-0.1, -0.05) is 194 Å². The van der Waals surface area contributed by atoms with E-state index in [1.165, 1.54) is 0 Å². The highest BCUT2D eigenvalue weighted by atomic mass is 16.3. The standard InChI is InChI=1S/C66H40N8O/c1-6-22-41(23-7-1)61-67-62(42-24-8-2-9-25-42)70-65(69-61)47-39-38-46(40-51(47)66-71-63(43-26-10-3-11-27-43)68-64(72-66)44-28-12-4-13-29-44)74-53-36-20-17-33-49(53)56-55-48-32-16-19-35-52(48)73(45-30-14-5-15-31-45)58(55)57-50-34-18-21-37-54(50)75-60(57)59(56)74/h1-40H. The third kappa shape index (κ3) is 6.86. The maximum Gasteiger partial charge on any atom is 0.164 e. The fraction of sp³-hybridized carbons (Fsp3) is 0. The number of benzene rings is 10. The molecule has 5 aromatic heterocycles. The third-order valence-corrected chi connectivity index (χ3v) is 14.2. The first kappa shape index (κ1) is 42.3. The van der Waals surface area contributed by atoms with Crippen LogP contribution in [0.15, 0.2) is 247 Å². The van der Waals surface area contributed by atoms with E-state index in [1.807, 2.05) is 127 Å². The number of fused-ring (bicyclic) bond motifs is 12. The number of para-hydroxylation sites is 4. The Morgan fingerprint density at radius 2 is 0.667 bits per heavy atom. The molecule has 75 heavy (non-hydrogen) atoms. The zero-order valence-corrected chi connectivity index (χ0v) is 40.1. The first-order valence-corrected chi connectivity index (χ1v) is 25.0. The van der Waals surface area contributed by atoms with Crippen LogP contribution in [-0.2, 0) is 0 Å². The van der Waals surface area contributed by atoms with Crippen LogP contribution in [0, 0.1) is 0 Å². The maximum atomic E-state index is 7.21. The number of nitrogens with zero attached hydrogens (tertiary/aromatic N) is 8. The molecule has 10 aromatic carbocycles. The van der Waals surface area contributed by atoms with Gasteiger partial charge >= 0.3 is 0 Å². The van der Waals surface area contributed by atoms with E-state index in [1.54, 1.807) is 0 Å². The van der Waals surface area contributed by atoms with Gasteiger partial charge in [-0.05, 0) is 48.5 Å². The van der Waals surface area contributed by atoms with Gasteiger partial charge < -0.3 is 13.6 Å². The number of rotatable bonds is 8. The van der Waals surface area contributed by atoms with Crippen LogP contribution < -0.4 is 0 Å². The molecule has 0 fully saturated rings. The summed E-state index contributed by atoms with van der Waals surface area (Å²) in [5.41, 5.74) is 12.6. The Morgan fingerprint density at radius 1 is 0.280 bits per heavy atom. The largest absolute Gasteiger partial charge is 0.454 e. The quantitative estimate of drug-likeness (QED) is 0.149. The molecule has 0 saturated carbocycles. The van der Waals surface area contributed by atoms with Gasteiger partial charge in [0.2, 0.25) is 0 Å². The van der Waals surface area contributed by atoms with Crippen LogP contribution in [0.3, 0.4) is 0 Å². The monoisotopic (exact) mass is 960 g/mol. The summed E-state index contributed by atoms with van der Waals surface area (Å²) in [4.78, 5) is 31.4. The Morgan fingerprint density at radius 3 is 1.17 bits per heavy atom. The highest BCUT2D eigenvalue weighted by Gasteiger charge is 2.29. The van der Waals surface area contributed by atoms with Crippen molar-refractivity contribution in [1.82, 2.24) is 39.0 Å². The normalized spacial score (nSPS) is 11.7. The first-order valence-electron chi connectivity index (χ1n) is 25.0. The average Bonchev–Trinajstić information content (AvgIpc) is 4.25. The molecule has 0 unspecified atom stereocenters. The second kappa shape index (κ2) is 17.1. The summed E-state index contributed by atoms with van der Waals surface area (Å²) in [6.07, 6.45) is 0. The van der Waals surface area contributed by atoms with E-state index in [0.717, 1.165) is 105 Å². The van der Waals surface area contributed by atoms with Gasteiger partial charge in [0, 0.05) is 71.7 Å². The van der Waals surface area contributed by atoms with Crippen molar-refractivity contribution in [2.24, 2.45) is 0 Å². The number of hydrogen-bond donors (Lipinski definition) is 0. The minimum atomic E-state index is 0.463. The first-order chi connectivity index (χ1) is 37.2. The summed E-state index contributed by atoms with van der Waals surface area (Å²) in [5.74, 6) is 3.12. The fourth-order valence-electron chi connectivity index (χ4n) is 10.9. The topological polar surface area (TPSA) is 100 Å². The SMILES string of the molecule is c1ccc(-c2nc(-c3ccccc3)nc(-c3ccc(-n4c5ccccc5c5c6c7ccccc7n(-c7ccccc7)c6c6c7ccccc7oc6c54)cc3-c3nc(-c4ccccc4)nc(-c4ccccc4)n3)n2)cc1. The van der Waals surface area contributed by atoms with Crippen LogP contribution >= 0.6 is 0 Å². The van der Waals surface area contributed by atoms with E-state index in [-0.39, 0.29) is 0 Å². The van der Waals surface area contributed by atoms with Crippen LogP contribution in [0.4, 0.5) is 0 Å². The molecular weight excluding hydrogens is 921 g/mol. The summed E-state index contributed by atoms with van der Waals surface area (Å²) < 4.78 is 12.0. The average molecular weight is 961 g/mol. The number of aromatic nitrogens is 8. The van der Waals surface area contributed by atoms with E-state index in [2.05, 4.69) is 124 Å². The molecule has 0 bridgehead atoms. The van der Waals surface area contributed by atoms with Gasteiger partial charge in [0.05, 0.1) is 27.5 Å². The van der Waals surface area contributed by atoms with Gasteiger partial charge in [-0.25, -0.2) is 29.9 Å². The van der Waals surface area contributed by atoms with Crippen LogP contribution in [0.1, 0.15) is 0 Å². The Balaban J connectivity index is 1.09. The zero-order valence-electron chi connectivity index (χ0n) is 40.1. The molecule has 15 rings (SSSR count). The molecule has 9 heteroatoms. The lowest BCUT2D eigenvalue weighted by molar-refractivity contribution is 0.671. The Bertz CT molecular complexity index is 4570. The lowest BCUT2D eigenvalue weighted by Crippen LogP contribution is -2.05. The van der Waals surface area contributed by atoms with Crippen molar-refractivity contribution >= 4 is 65.6 Å². The van der Waals surface area contributed by atoms with Gasteiger partial charge in [-0.3, -0.25) is 0 Å². The third-order valence-electron chi connectivity index (χ3n) is 14.2. The second-order valence-corrected chi connectivity index (χ2v) is 18.6. The molecule has 0 aliphatic carbocycles. The van der Waals surface area contributed by atoms with Crippen molar-refractivity contribution in [3.8, 4) is 79.7 Å². The summed E-state index contributed by atoms with van der Waals surface area (Å²) in [6.45, 7) is 0. The molecule has 0 N–H and O–H groups in total. The highest BCUT2D eigenvalue weighted by Crippen LogP contribution is 2.50. The van der Waals surface area contributed by atoms with Crippen molar-refractivity contribution in [2.75, 3.05) is 0 Å². The molecule has 5 heterocycles. The number of furan rings is 1. The summed E-state index contributed by atoms with van der Waals surface area (Å²) in [5, 5.41) is 6.57. The van der Waals surface area contributed by atoms with E-state index in [4.69, 9.17) is 34.3 Å². The predicted molar refractivity (Wildman–Crippen MR) is 302 cm³/mol. The minimum absolute atomic E-state index is 0.463. The van der Waals surface area contributed by atoms with Crippen LogP contribution in [0.2, 0.25) is 0 Å². The molecule has 0 radical (unpaired) electrons. The van der Waals surface area contributed by atoms with Crippen molar-refractivity contribution in [1.29, 1.82) is 0 Å². The molecular formula is C66H40N8O. The smallest absolute Gasteiger partial charge is 0.164 e. The Labute approximate surface area is 429 Å². The highest BCUT2D eigenvalue weighted by molar-refractivity contribution is 6.39. The minimum Gasteiger partial charge on any atom is -0.454 e. The lowest BCUT2D eigenvalue weighted by Gasteiger charge is -2.16. The van der Waals surface area contributed by atoms with Gasteiger partial charge in [0.15, 0.2) is 40.5 Å². The lowest BCUT2D eigenvalue weighted by atomic mass is 10.0. The van der Waals surface area contributed by atoms with E-state index >= 15 is 0 Å². The Kier molecular flexibility index (Phi) is 9.67. The fourth-order valence-corrected chi connectivity index (χ4v) is 10.9. The molecule has 0 aliphatic heterocycles. The van der Waals surface area contributed by atoms with Gasteiger partial charge in [-0.2, -0.15) is 0 Å². The van der Waals surface area contributed by atoms with Crippen molar-refractivity contribution in [3.05, 3.63) is 243 Å². The van der Waals surface area contributed by atoms with Gasteiger partial charge in [-0.15, -0.1) is 0 Å². The molecule has 0 amide bonds. The van der Waals surface area contributed by atoms with Crippen molar-refractivity contribution < 1.29 is 4.42 Å². The zero-order chi connectivity index (χ0) is 49.4. The molecule has 9 nitrogen and oxygen atoms in total. The van der Waals surface area contributed by atoms with Crippen molar-refractivity contribution in [2.45, 2.75) is 0 Å². The second-order valence-electron chi connectivity index (χ2n) is 18.6. The summed E-state index contributed by atoms with van der Waals surface area (Å²) >= 11 is 0. The molecule has 15 aromatic rings. The van der Waals surface area contributed by atoms with Crippen LogP contribution in [-0.4, -0.2) is 39.0 Å². The molecule has 350 valence electrons. The maximum absolute atomic E-state index is 7.21. The van der Waals surface area contributed by atoms with E-state index in [9.17, 15) is 0 Å². The van der Waals surface area contributed by atoms with E-state index in [0.29, 0.717) is 40.5 Å². The van der Waals surface area contributed by atoms with E-state index < -0.39 is 0 Å². The molecule has 0 atom stereocenters. The Hall–Kier alpha value is -10.4. The van der Waals surface area contributed by atoms with Crippen LogP contribution in [0.5, 0.6) is 0 Å². The summed E-state index contributed by atoms with van der Waals surface area (Å²) in [6, 6.07) is 83.1. The molecule has 0 aliphatic rings. The summed E-state index contributed by atoms with van der Waals surface area (Å²) in [7, 11) is 0. The van der Waals surface area contributed by atoms with Gasteiger partial charge in [0.25, 0.3) is 0 Å². The van der Waals surface area contributed by atoms with Crippen molar-refractivity contribution in [3.63, 3.8) is 0 Å². The molecule has 0 spiro atoms. The van der Waals surface area contributed by atoms with Gasteiger partial charge in [0.1, 0.15) is 5.58 Å².